The number of hydrogen-bond donors (Lipinski definition) is 4. The van der Waals surface area contributed by atoms with Crippen LogP contribution in [0.2, 0.25) is 0 Å². The zero-order chi connectivity index (χ0) is 19.1. The number of benzene rings is 1. The van der Waals surface area contributed by atoms with Crippen molar-refractivity contribution in [1.82, 2.24) is 9.97 Å². The van der Waals surface area contributed by atoms with E-state index in [2.05, 4.69) is 15.3 Å². The topological polar surface area (TPSA) is 149 Å². The van der Waals surface area contributed by atoms with Crippen molar-refractivity contribution in [3.8, 4) is 11.5 Å². The summed E-state index contributed by atoms with van der Waals surface area (Å²) < 4.78 is 15.8. The first-order valence-electron chi connectivity index (χ1n) is 8.19. The molecular weight excluding hydrogens is 356 g/mol. The van der Waals surface area contributed by atoms with Gasteiger partial charge in [-0.05, 0) is 24.6 Å². The lowest BCUT2D eigenvalue weighted by atomic mass is 9.83. The quantitative estimate of drug-likeness (QED) is 0.554. The van der Waals surface area contributed by atoms with Crippen molar-refractivity contribution < 1.29 is 19.0 Å². The molecule has 10 heteroatoms. The molecule has 0 spiro atoms. The van der Waals surface area contributed by atoms with Gasteiger partial charge in [0.25, 0.3) is 5.56 Å². The Morgan fingerprint density at radius 1 is 1.26 bits per heavy atom. The predicted octanol–water partition coefficient (Wildman–Crippen LogP) is 0.0827. The van der Waals surface area contributed by atoms with Crippen molar-refractivity contribution >= 4 is 11.8 Å². The fraction of sp³-hybridized carbons (Fsp3) is 0.235. The van der Waals surface area contributed by atoms with Gasteiger partial charge in [0, 0.05) is 0 Å². The van der Waals surface area contributed by atoms with Crippen LogP contribution in [0.15, 0.2) is 39.2 Å². The minimum absolute atomic E-state index is 0.00938. The van der Waals surface area contributed by atoms with Crippen LogP contribution in [-0.2, 0) is 9.53 Å². The number of carbonyl (C=O) groups excluding carboxylic acids is 1. The van der Waals surface area contributed by atoms with Crippen LogP contribution in [0, 0.1) is 0 Å². The summed E-state index contributed by atoms with van der Waals surface area (Å²) >= 11 is 0. The van der Waals surface area contributed by atoms with Gasteiger partial charge < -0.3 is 25.3 Å². The highest BCUT2D eigenvalue weighted by atomic mass is 16.7. The summed E-state index contributed by atoms with van der Waals surface area (Å²) in [6.45, 7) is 1.88. The third-order valence-corrected chi connectivity index (χ3v) is 4.33. The molecule has 140 valence electrons. The molecule has 0 aliphatic carbocycles. The Morgan fingerprint density at radius 2 is 2.04 bits per heavy atom. The average Bonchev–Trinajstić information content (AvgIpc) is 3.07. The standard InChI is InChI=1S/C17H16N4O6/c1-2-25-16(23)11-10(7-3-4-8-9(5-7)27-6-26-8)12-14(19-13(11)18)20-17(24)21-15(12)22/h3-5,10H,2,6,18H2,1H3,(H3,19,20,21,22,24). The predicted molar refractivity (Wildman–Crippen MR) is 93.6 cm³/mol. The molecule has 27 heavy (non-hydrogen) atoms. The lowest BCUT2D eigenvalue weighted by molar-refractivity contribution is -0.138. The summed E-state index contributed by atoms with van der Waals surface area (Å²) in [5.74, 6) is -0.383. The van der Waals surface area contributed by atoms with Gasteiger partial charge in [-0.15, -0.1) is 0 Å². The monoisotopic (exact) mass is 372 g/mol. The zero-order valence-corrected chi connectivity index (χ0v) is 14.3. The van der Waals surface area contributed by atoms with Crippen LogP contribution in [0.1, 0.15) is 24.0 Å². The molecule has 0 bridgehead atoms. The van der Waals surface area contributed by atoms with E-state index < -0.39 is 23.1 Å². The van der Waals surface area contributed by atoms with Crippen molar-refractivity contribution in [2.24, 2.45) is 5.73 Å². The van der Waals surface area contributed by atoms with Crippen LogP contribution in [-0.4, -0.2) is 29.3 Å². The Bertz CT molecular complexity index is 1080. The van der Waals surface area contributed by atoms with Gasteiger partial charge in [0.1, 0.15) is 11.6 Å². The lowest BCUT2D eigenvalue weighted by Crippen LogP contribution is -2.37. The second-order valence-corrected chi connectivity index (χ2v) is 5.92. The molecule has 5 N–H and O–H groups in total. The lowest BCUT2D eigenvalue weighted by Gasteiger charge is -2.28. The van der Waals surface area contributed by atoms with Crippen LogP contribution < -0.4 is 31.8 Å². The zero-order valence-electron chi connectivity index (χ0n) is 14.3. The van der Waals surface area contributed by atoms with Crippen molar-refractivity contribution in [3.63, 3.8) is 0 Å². The maximum atomic E-state index is 12.6. The highest BCUT2D eigenvalue weighted by molar-refractivity contribution is 5.94. The van der Waals surface area contributed by atoms with E-state index in [9.17, 15) is 14.4 Å². The van der Waals surface area contributed by atoms with Crippen LogP contribution >= 0.6 is 0 Å². The number of aromatic nitrogens is 2. The van der Waals surface area contributed by atoms with Gasteiger partial charge >= 0.3 is 11.7 Å². The molecule has 0 radical (unpaired) electrons. The number of nitrogens with two attached hydrogens (primary N) is 1. The fourth-order valence-corrected chi connectivity index (χ4v) is 3.23. The SMILES string of the molecule is CCOC(=O)C1=C(N)Nc2[nH]c(=O)[nH]c(=O)c2C1c1ccc2c(c1)OCO2. The van der Waals surface area contributed by atoms with Crippen LogP contribution in [0.25, 0.3) is 0 Å². The number of esters is 1. The van der Waals surface area contributed by atoms with E-state index in [1.165, 1.54) is 0 Å². The van der Waals surface area contributed by atoms with Crippen molar-refractivity contribution in [1.29, 1.82) is 0 Å². The Kier molecular flexibility index (Phi) is 3.87. The highest BCUT2D eigenvalue weighted by Crippen LogP contribution is 2.42. The summed E-state index contributed by atoms with van der Waals surface area (Å²) in [4.78, 5) is 41.4. The number of carbonyl (C=O) groups is 1. The third kappa shape index (κ3) is 2.71. The summed E-state index contributed by atoms with van der Waals surface area (Å²) in [6.07, 6.45) is 0. The summed E-state index contributed by atoms with van der Waals surface area (Å²) in [5.41, 5.74) is 5.49. The molecule has 1 aromatic carbocycles. The highest BCUT2D eigenvalue weighted by Gasteiger charge is 2.37. The smallest absolute Gasteiger partial charge is 0.338 e. The van der Waals surface area contributed by atoms with Gasteiger partial charge in [0.2, 0.25) is 6.79 Å². The fourth-order valence-electron chi connectivity index (χ4n) is 3.23. The average molecular weight is 372 g/mol. The molecule has 1 unspecified atom stereocenters. The van der Waals surface area contributed by atoms with Crippen molar-refractivity contribution in [2.75, 3.05) is 18.7 Å². The molecule has 0 amide bonds. The van der Waals surface area contributed by atoms with Gasteiger partial charge in [-0.3, -0.25) is 14.8 Å². The van der Waals surface area contributed by atoms with E-state index in [4.69, 9.17) is 19.9 Å². The van der Waals surface area contributed by atoms with Gasteiger partial charge in [-0.2, -0.15) is 0 Å². The number of anilines is 1. The maximum absolute atomic E-state index is 12.6. The molecule has 1 aromatic heterocycles. The third-order valence-electron chi connectivity index (χ3n) is 4.33. The number of nitrogens with one attached hydrogen (secondary N) is 3. The Labute approximate surface area is 151 Å². The van der Waals surface area contributed by atoms with Gasteiger partial charge in [-0.1, -0.05) is 6.07 Å². The Hall–Kier alpha value is -3.69. The summed E-state index contributed by atoms with van der Waals surface area (Å²) in [7, 11) is 0. The normalized spacial score (nSPS) is 17.3. The van der Waals surface area contributed by atoms with Crippen molar-refractivity contribution in [2.45, 2.75) is 12.8 Å². The number of hydrogen-bond acceptors (Lipinski definition) is 8. The molecule has 4 rings (SSSR count). The first kappa shape index (κ1) is 16.8. The van der Waals surface area contributed by atoms with Gasteiger partial charge in [-0.25, -0.2) is 9.59 Å². The number of aromatic amines is 2. The second-order valence-electron chi connectivity index (χ2n) is 5.92. The Balaban J connectivity index is 1.95. The molecule has 3 heterocycles. The summed E-state index contributed by atoms with van der Waals surface area (Å²) in [5, 5.41) is 2.71. The van der Waals surface area contributed by atoms with Crippen LogP contribution in [0.4, 0.5) is 5.82 Å². The van der Waals surface area contributed by atoms with Crippen LogP contribution in [0.3, 0.4) is 0 Å². The van der Waals surface area contributed by atoms with Crippen LogP contribution in [0.5, 0.6) is 11.5 Å². The molecule has 10 nitrogen and oxygen atoms in total. The molecule has 0 saturated carbocycles. The summed E-state index contributed by atoms with van der Waals surface area (Å²) in [6, 6.07) is 5.04. The first-order chi connectivity index (χ1) is 13.0. The minimum atomic E-state index is -0.865. The van der Waals surface area contributed by atoms with E-state index in [0.717, 1.165) is 0 Å². The molecule has 2 aliphatic rings. The molecule has 2 aromatic rings. The van der Waals surface area contributed by atoms with Gasteiger partial charge in [0.05, 0.1) is 23.7 Å². The number of fused-ring (bicyclic) bond motifs is 2. The molecule has 2 aliphatic heterocycles. The minimum Gasteiger partial charge on any atom is -0.463 e. The Morgan fingerprint density at radius 3 is 2.81 bits per heavy atom. The van der Waals surface area contributed by atoms with E-state index in [1.54, 1.807) is 25.1 Å². The molecule has 0 fully saturated rings. The van der Waals surface area contributed by atoms with Crippen molar-refractivity contribution in [3.05, 3.63) is 61.6 Å². The van der Waals surface area contributed by atoms with E-state index in [1.807, 2.05) is 0 Å². The maximum Gasteiger partial charge on any atom is 0.338 e. The van der Waals surface area contributed by atoms with E-state index in [-0.39, 0.29) is 36.2 Å². The molecule has 1 atom stereocenters. The number of H-pyrrole nitrogens is 2. The first-order valence-corrected chi connectivity index (χ1v) is 8.19. The molecular formula is C17H16N4O6. The molecule has 0 saturated heterocycles. The number of rotatable bonds is 3. The second kappa shape index (κ2) is 6.24. The van der Waals surface area contributed by atoms with Gasteiger partial charge in [0.15, 0.2) is 11.5 Å². The largest absolute Gasteiger partial charge is 0.463 e. The van der Waals surface area contributed by atoms with E-state index in [0.29, 0.717) is 17.1 Å². The number of ether oxygens (including phenoxy) is 3. The van der Waals surface area contributed by atoms with E-state index >= 15 is 0 Å².